The Morgan fingerprint density at radius 3 is 2.30 bits per heavy atom. The molecule has 0 spiro atoms. The number of ether oxygens (including phenoxy) is 1. The third-order valence-electron chi connectivity index (χ3n) is 6.46. The lowest BCUT2D eigenvalue weighted by molar-refractivity contribution is -0.117. The molecule has 3 aromatic carbocycles. The Hall–Kier alpha value is -4.51. The van der Waals surface area contributed by atoms with Gasteiger partial charge in [-0.05, 0) is 54.6 Å². The molecule has 1 saturated heterocycles. The molecule has 1 fully saturated rings. The molecule has 4 rings (SSSR count). The van der Waals surface area contributed by atoms with Gasteiger partial charge in [-0.2, -0.15) is 0 Å². The minimum Gasteiger partial charge on any atom is -0.383 e. The van der Waals surface area contributed by atoms with Crippen LogP contribution in [0.4, 0.5) is 30.6 Å². The smallest absolute Gasteiger partial charge is 0.322 e. The van der Waals surface area contributed by atoms with Crippen LogP contribution in [0, 0.1) is 11.6 Å². The molecule has 1 aliphatic rings. The first-order chi connectivity index (χ1) is 19.3. The second-order valence-electron chi connectivity index (χ2n) is 9.21. The third-order valence-corrected chi connectivity index (χ3v) is 6.46. The first kappa shape index (κ1) is 28.5. The number of carbonyl (C=O) groups is 3. The Bertz CT molecular complexity index is 1330. The maximum atomic E-state index is 13.8. The van der Waals surface area contributed by atoms with E-state index in [9.17, 15) is 23.2 Å². The summed E-state index contributed by atoms with van der Waals surface area (Å²) < 4.78 is 32.5. The monoisotopic (exact) mass is 551 g/mol. The maximum absolute atomic E-state index is 13.8. The fraction of sp³-hybridized carbons (Fsp3) is 0.276. The van der Waals surface area contributed by atoms with Crippen molar-refractivity contribution in [1.29, 1.82) is 0 Å². The van der Waals surface area contributed by atoms with Crippen molar-refractivity contribution in [3.63, 3.8) is 0 Å². The van der Waals surface area contributed by atoms with Crippen molar-refractivity contribution in [2.75, 3.05) is 68.5 Å². The number of urea groups is 1. The zero-order chi connectivity index (χ0) is 28.5. The molecule has 3 aromatic rings. The number of halogens is 2. The molecule has 0 bridgehead atoms. The molecule has 1 heterocycles. The summed E-state index contributed by atoms with van der Waals surface area (Å²) in [5.41, 5.74) is 1.78. The highest BCUT2D eigenvalue weighted by Gasteiger charge is 2.23. The minimum absolute atomic E-state index is 0.146. The molecular formula is C29H31F2N5O4. The van der Waals surface area contributed by atoms with Gasteiger partial charge >= 0.3 is 6.03 Å². The number of anilines is 3. The quantitative estimate of drug-likeness (QED) is 0.419. The van der Waals surface area contributed by atoms with Gasteiger partial charge < -0.3 is 30.1 Å². The summed E-state index contributed by atoms with van der Waals surface area (Å²) in [6.07, 6.45) is 0. The molecule has 40 heavy (non-hydrogen) atoms. The second-order valence-corrected chi connectivity index (χ2v) is 9.21. The van der Waals surface area contributed by atoms with Crippen LogP contribution in [0.25, 0.3) is 0 Å². The van der Waals surface area contributed by atoms with E-state index in [0.717, 1.165) is 11.8 Å². The van der Waals surface area contributed by atoms with Gasteiger partial charge in [-0.1, -0.05) is 18.2 Å². The Balaban J connectivity index is 1.29. The van der Waals surface area contributed by atoms with Crippen LogP contribution in [0.1, 0.15) is 10.4 Å². The molecular weight excluding hydrogens is 520 g/mol. The zero-order valence-corrected chi connectivity index (χ0v) is 22.1. The van der Waals surface area contributed by atoms with Gasteiger partial charge in [0.05, 0.1) is 12.3 Å². The first-order valence-electron chi connectivity index (χ1n) is 12.8. The van der Waals surface area contributed by atoms with E-state index in [-0.39, 0.29) is 37.0 Å². The number of methoxy groups -OCH3 is 1. The Kier molecular flexibility index (Phi) is 9.63. The number of rotatable bonds is 9. The van der Waals surface area contributed by atoms with E-state index in [0.29, 0.717) is 31.9 Å². The van der Waals surface area contributed by atoms with Gasteiger partial charge in [-0.3, -0.25) is 9.59 Å². The van der Waals surface area contributed by atoms with Crippen LogP contribution in [0.15, 0.2) is 72.8 Å². The molecule has 0 atom stereocenters. The molecule has 0 aromatic heterocycles. The minimum atomic E-state index is -0.533. The summed E-state index contributed by atoms with van der Waals surface area (Å²) in [5.74, 6) is -1.89. The predicted octanol–water partition coefficient (Wildman–Crippen LogP) is 4.05. The highest BCUT2D eigenvalue weighted by Crippen LogP contribution is 2.21. The number of nitrogens with zero attached hydrogens (tertiary/aromatic N) is 3. The van der Waals surface area contributed by atoms with Gasteiger partial charge in [-0.25, -0.2) is 13.6 Å². The maximum Gasteiger partial charge on any atom is 0.322 e. The second kappa shape index (κ2) is 13.5. The Morgan fingerprint density at radius 1 is 0.900 bits per heavy atom. The molecule has 0 radical (unpaired) electrons. The van der Waals surface area contributed by atoms with Crippen LogP contribution < -0.4 is 15.5 Å². The number of carbonyl (C=O) groups excluding carboxylic acids is 3. The van der Waals surface area contributed by atoms with Crippen molar-refractivity contribution in [1.82, 2.24) is 9.80 Å². The largest absolute Gasteiger partial charge is 0.383 e. The first-order valence-corrected chi connectivity index (χ1v) is 12.8. The molecule has 4 amide bonds. The van der Waals surface area contributed by atoms with Gasteiger partial charge in [0.25, 0.3) is 5.91 Å². The van der Waals surface area contributed by atoms with Crippen LogP contribution in [-0.4, -0.2) is 80.6 Å². The molecule has 9 nitrogen and oxygen atoms in total. The highest BCUT2D eigenvalue weighted by molar-refractivity contribution is 5.99. The van der Waals surface area contributed by atoms with Crippen molar-refractivity contribution in [3.8, 4) is 0 Å². The van der Waals surface area contributed by atoms with Crippen LogP contribution in [-0.2, 0) is 9.53 Å². The number of piperazine rings is 1. The lowest BCUT2D eigenvalue weighted by Gasteiger charge is -2.36. The average Bonchev–Trinajstić information content (AvgIpc) is 2.96. The van der Waals surface area contributed by atoms with Crippen LogP contribution >= 0.6 is 0 Å². The number of hydrogen-bond acceptors (Lipinski definition) is 5. The van der Waals surface area contributed by atoms with E-state index in [4.69, 9.17) is 4.74 Å². The lowest BCUT2D eigenvalue weighted by Crippen LogP contribution is -2.50. The van der Waals surface area contributed by atoms with Crippen LogP contribution in [0.5, 0.6) is 0 Å². The van der Waals surface area contributed by atoms with Crippen LogP contribution in [0.3, 0.4) is 0 Å². The summed E-state index contributed by atoms with van der Waals surface area (Å²) in [6.45, 7) is 2.28. The summed E-state index contributed by atoms with van der Waals surface area (Å²) in [6, 6.07) is 18.3. The van der Waals surface area contributed by atoms with Gasteiger partial charge in [0.15, 0.2) is 0 Å². The number of para-hydroxylation sites is 1. The van der Waals surface area contributed by atoms with E-state index < -0.39 is 23.4 Å². The molecule has 1 aliphatic heterocycles. The fourth-order valence-electron chi connectivity index (χ4n) is 4.31. The van der Waals surface area contributed by atoms with E-state index >= 15 is 0 Å². The van der Waals surface area contributed by atoms with E-state index in [2.05, 4.69) is 15.5 Å². The SMILES string of the molecule is COCCN(CC(=O)Nc1ccc(N2CCN(C(=O)Nc3ccccc3F)CC2)cc1)C(=O)c1cccc(F)c1. The van der Waals surface area contributed by atoms with Gasteiger partial charge in [0.2, 0.25) is 5.91 Å². The molecule has 0 unspecified atom stereocenters. The van der Waals surface area contributed by atoms with Crippen molar-refractivity contribution in [3.05, 3.63) is 90.0 Å². The number of nitrogens with one attached hydrogen (secondary N) is 2. The standard InChI is InChI=1S/C29H31F2N5O4/c1-40-18-17-36(28(38)21-5-4-6-22(30)19-21)20-27(37)32-23-9-11-24(12-10-23)34-13-15-35(16-14-34)29(39)33-26-8-3-2-7-25(26)31/h2-12,19H,13-18,20H2,1H3,(H,32,37)(H,33,39). The van der Waals surface area contributed by atoms with Crippen molar-refractivity contribution >= 4 is 34.9 Å². The number of hydrogen-bond donors (Lipinski definition) is 2. The molecule has 0 aliphatic carbocycles. The zero-order valence-electron chi connectivity index (χ0n) is 22.1. The molecule has 11 heteroatoms. The Labute approximate surface area is 231 Å². The summed E-state index contributed by atoms with van der Waals surface area (Å²) in [4.78, 5) is 43.2. The molecule has 2 N–H and O–H groups in total. The number of benzene rings is 3. The average molecular weight is 552 g/mol. The summed E-state index contributed by atoms with van der Waals surface area (Å²) in [7, 11) is 1.49. The lowest BCUT2D eigenvalue weighted by atomic mass is 10.2. The highest BCUT2D eigenvalue weighted by atomic mass is 19.1. The summed E-state index contributed by atoms with van der Waals surface area (Å²) >= 11 is 0. The third kappa shape index (κ3) is 7.54. The normalized spacial score (nSPS) is 13.1. The van der Waals surface area contributed by atoms with Crippen LogP contribution in [0.2, 0.25) is 0 Å². The Morgan fingerprint density at radius 2 is 1.62 bits per heavy atom. The van der Waals surface area contributed by atoms with Gasteiger partial charge in [0.1, 0.15) is 18.2 Å². The van der Waals surface area contributed by atoms with Crippen molar-refractivity contribution in [2.45, 2.75) is 0 Å². The van der Waals surface area contributed by atoms with E-state index in [1.807, 2.05) is 12.1 Å². The fourth-order valence-corrected chi connectivity index (χ4v) is 4.31. The van der Waals surface area contributed by atoms with Gasteiger partial charge in [0, 0.05) is 56.8 Å². The molecule has 0 saturated carbocycles. The van der Waals surface area contributed by atoms with E-state index in [1.165, 1.54) is 42.3 Å². The topological polar surface area (TPSA) is 94.2 Å². The van der Waals surface area contributed by atoms with Crippen molar-refractivity contribution < 1.29 is 27.9 Å². The van der Waals surface area contributed by atoms with E-state index in [1.54, 1.807) is 29.2 Å². The molecule has 210 valence electrons. The summed E-state index contributed by atoms with van der Waals surface area (Å²) in [5, 5.41) is 5.40. The van der Waals surface area contributed by atoms with Crippen molar-refractivity contribution in [2.24, 2.45) is 0 Å². The predicted molar refractivity (Wildman–Crippen MR) is 148 cm³/mol. The van der Waals surface area contributed by atoms with Gasteiger partial charge in [-0.15, -0.1) is 0 Å². The number of amides is 4.